The summed E-state index contributed by atoms with van der Waals surface area (Å²) < 4.78 is 167. The van der Waals surface area contributed by atoms with E-state index in [0.29, 0.717) is 24.3 Å². The van der Waals surface area contributed by atoms with E-state index in [4.69, 9.17) is 0 Å². The first-order valence-corrected chi connectivity index (χ1v) is 16.2. The molecule has 0 N–H and O–H groups in total. The van der Waals surface area contributed by atoms with Crippen LogP contribution in [-0.2, 0) is 24.7 Å². The lowest BCUT2D eigenvalue weighted by Crippen LogP contribution is -2.24. The van der Waals surface area contributed by atoms with E-state index < -0.39 is 69.9 Å². The Kier molecular flexibility index (Phi) is 9.62. The summed E-state index contributed by atoms with van der Waals surface area (Å²) in [4.78, 5) is 27.1. The Bertz CT molecular complexity index is 2440. The minimum atomic E-state index is -5.25. The Labute approximate surface area is 308 Å². The molecule has 0 spiro atoms. The molecule has 0 unspecified atom stereocenters. The molecule has 1 aliphatic rings. The fourth-order valence-electron chi connectivity index (χ4n) is 6.60. The highest BCUT2D eigenvalue weighted by molar-refractivity contribution is 6.23. The fourth-order valence-corrected chi connectivity index (χ4v) is 6.60. The topological polar surface area (TPSA) is 42.3 Å². The predicted molar refractivity (Wildman–Crippen MR) is 184 cm³/mol. The number of hydrogen-bond donors (Lipinski definition) is 0. The van der Waals surface area contributed by atoms with Crippen LogP contribution in [0.2, 0.25) is 0 Å². The molecule has 0 saturated carbocycles. The van der Waals surface area contributed by atoms with Crippen LogP contribution in [0.1, 0.15) is 49.9 Å². The van der Waals surface area contributed by atoms with Gasteiger partial charge in [-0.1, -0.05) is 48.5 Å². The van der Waals surface area contributed by atoms with Gasteiger partial charge in [0.1, 0.15) is 0 Å². The second kappa shape index (κ2) is 13.6. The van der Waals surface area contributed by atoms with Gasteiger partial charge in [0.25, 0.3) is 11.8 Å². The highest BCUT2D eigenvalue weighted by Gasteiger charge is 2.41. The Morgan fingerprint density at radius 3 is 1.36 bits per heavy atom. The van der Waals surface area contributed by atoms with Crippen molar-refractivity contribution in [1.29, 1.82) is 0 Å². The third-order valence-corrected chi connectivity index (χ3v) is 9.03. The molecule has 56 heavy (non-hydrogen) atoms. The zero-order chi connectivity index (χ0) is 41.3. The van der Waals surface area contributed by atoms with Crippen LogP contribution in [0.25, 0.3) is 49.7 Å². The highest BCUT2D eigenvalue weighted by atomic mass is 19.4. The van der Waals surface area contributed by atoms with E-state index in [1.54, 1.807) is 6.08 Å². The summed E-state index contributed by atoms with van der Waals surface area (Å²) in [5.41, 5.74) is -8.24. The molecule has 1 aromatic heterocycles. The summed E-state index contributed by atoms with van der Waals surface area (Å²) in [6, 6.07) is 13.7. The van der Waals surface area contributed by atoms with Crippen molar-refractivity contribution in [2.45, 2.75) is 31.6 Å². The molecule has 0 atom stereocenters. The van der Waals surface area contributed by atoms with Crippen LogP contribution < -0.4 is 0 Å². The van der Waals surface area contributed by atoms with Crippen molar-refractivity contribution in [2.24, 2.45) is 0 Å². The van der Waals surface area contributed by atoms with Gasteiger partial charge in [0.05, 0.1) is 50.1 Å². The van der Waals surface area contributed by atoms with Crippen LogP contribution >= 0.6 is 0 Å². The summed E-state index contributed by atoms with van der Waals surface area (Å²) in [6.45, 7) is 5.25. The minimum Gasteiger partial charge on any atom is -0.308 e. The zero-order valence-electron chi connectivity index (χ0n) is 28.7. The third kappa shape index (κ3) is 6.88. The van der Waals surface area contributed by atoms with E-state index in [1.165, 1.54) is 66.2 Å². The maximum absolute atomic E-state index is 14.2. The predicted octanol–water partition coefficient (Wildman–Crippen LogP) is 12.6. The third-order valence-electron chi connectivity index (χ3n) is 9.03. The lowest BCUT2D eigenvalue weighted by molar-refractivity contribution is -0.144. The summed E-state index contributed by atoms with van der Waals surface area (Å²) in [7, 11) is 1.20. The largest absolute Gasteiger partial charge is 0.417 e. The molecule has 2 heterocycles. The maximum Gasteiger partial charge on any atom is 0.417 e. The summed E-state index contributed by atoms with van der Waals surface area (Å²) >= 11 is 0. The monoisotopic (exact) mass is 792 g/mol. The number of aromatic nitrogens is 1. The molecule has 0 fully saturated rings. The average molecular weight is 793 g/mol. The highest BCUT2D eigenvalue weighted by Crippen LogP contribution is 2.46. The van der Waals surface area contributed by atoms with E-state index in [1.807, 2.05) is 6.92 Å². The number of imide groups is 1. The van der Waals surface area contributed by atoms with Gasteiger partial charge in [0.2, 0.25) is 0 Å². The molecule has 4 nitrogen and oxygen atoms in total. The van der Waals surface area contributed by atoms with Gasteiger partial charge in [-0.3, -0.25) is 14.5 Å². The normalized spacial score (nSPS) is 13.6. The first-order valence-electron chi connectivity index (χ1n) is 16.2. The van der Waals surface area contributed by atoms with Crippen LogP contribution in [0.4, 0.5) is 52.7 Å². The van der Waals surface area contributed by atoms with E-state index in [-0.39, 0.29) is 61.9 Å². The number of benzene rings is 5. The number of allylic oxidation sites excluding steroid dienone is 1. The van der Waals surface area contributed by atoms with Crippen molar-refractivity contribution in [2.75, 3.05) is 7.05 Å². The van der Waals surface area contributed by atoms with Crippen LogP contribution in [0.5, 0.6) is 0 Å². The van der Waals surface area contributed by atoms with Crippen molar-refractivity contribution in [3.05, 3.63) is 137 Å². The number of amides is 2. The molecule has 0 bridgehead atoms. The molecule has 2 amide bonds. The van der Waals surface area contributed by atoms with Crippen LogP contribution in [-0.4, -0.2) is 28.3 Å². The molecule has 16 heteroatoms. The number of carbonyl (C=O) groups excluding carboxylic acids is 2. The number of rotatable bonds is 3. The fraction of sp³-hybridized carbons (Fsp3) is 0.150. The van der Waals surface area contributed by atoms with Crippen molar-refractivity contribution in [1.82, 2.24) is 9.47 Å². The van der Waals surface area contributed by atoms with Gasteiger partial charge in [-0.2, -0.15) is 52.7 Å². The molecule has 0 radical (unpaired) electrons. The Balaban J connectivity index is 0.00000172. The minimum absolute atomic E-state index is 0.0218. The molecule has 290 valence electrons. The molecular weight excluding hydrogens is 768 g/mol. The van der Waals surface area contributed by atoms with Gasteiger partial charge in [-0.25, -0.2) is 0 Å². The van der Waals surface area contributed by atoms with Crippen molar-refractivity contribution in [3.8, 4) is 27.9 Å². The number of hydrogen-bond acceptors (Lipinski definition) is 2. The van der Waals surface area contributed by atoms with Crippen molar-refractivity contribution >= 4 is 33.6 Å². The van der Waals surface area contributed by atoms with Gasteiger partial charge < -0.3 is 4.57 Å². The molecule has 5 aromatic carbocycles. The van der Waals surface area contributed by atoms with Gasteiger partial charge in [-0.05, 0) is 77.7 Å². The van der Waals surface area contributed by atoms with Crippen LogP contribution in [0.15, 0.2) is 104 Å². The van der Waals surface area contributed by atoms with E-state index >= 15 is 0 Å². The van der Waals surface area contributed by atoms with E-state index in [2.05, 4.69) is 6.58 Å². The van der Waals surface area contributed by atoms with E-state index in [9.17, 15) is 62.3 Å². The number of fused-ring (bicyclic) bond motifs is 4. The number of nitrogens with zero attached hydrogens (tertiary/aromatic N) is 2. The SMILES string of the molecule is C=CC.CN1C(=O)c2cccc(-n3c4cc(-c5ccc(C(F)(F)F)cc5C(F)(F)F)ccc4c4ccc(-c5ccc(C(F)(F)F)cc5C(F)(F)F)cc43)c2C1=O. The molecule has 7 rings (SSSR count). The summed E-state index contributed by atoms with van der Waals surface area (Å²) in [6.07, 6.45) is -18.9. The maximum atomic E-state index is 14.2. The number of carbonyl (C=O) groups is 2. The van der Waals surface area contributed by atoms with Crippen molar-refractivity contribution < 1.29 is 62.3 Å². The Hall–Kier alpha value is -6.06. The lowest BCUT2D eigenvalue weighted by atomic mass is 9.95. The first-order chi connectivity index (χ1) is 26.0. The average Bonchev–Trinajstić information content (AvgIpc) is 3.55. The standard InChI is InChI=1S/C37H18F12N2O2.C3H6/c1-50-32(52)25-3-2-4-28(31(25)33(50)53)51-29-13-17(21-11-7-19(34(38,39)40)15-26(21)36(44,45)46)5-9-23(29)24-10-6-18(14-30(24)51)22-12-8-20(35(41,42)43)16-27(22)37(47,48)49;1-3-2/h2-16H,1H3;3H,1H2,2H3. The summed E-state index contributed by atoms with van der Waals surface area (Å²) in [5.74, 6) is -1.49. The molecule has 6 aromatic rings. The number of alkyl halides is 12. The smallest absolute Gasteiger partial charge is 0.308 e. The van der Waals surface area contributed by atoms with Crippen LogP contribution in [0.3, 0.4) is 0 Å². The second-order valence-electron chi connectivity index (χ2n) is 12.6. The van der Waals surface area contributed by atoms with Crippen molar-refractivity contribution in [3.63, 3.8) is 0 Å². The molecule has 0 aliphatic carbocycles. The Morgan fingerprint density at radius 2 is 0.964 bits per heavy atom. The molecular formula is C40H24F12N2O2. The van der Waals surface area contributed by atoms with Gasteiger partial charge in [0, 0.05) is 17.8 Å². The van der Waals surface area contributed by atoms with Crippen LogP contribution in [0, 0.1) is 0 Å². The summed E-state index contributed by atoms with van der Waals surface area (Å²) in [5, 5.41) is 0.531. The second-order valence-corrected chi connectivity index (χ2v) is 12.6. The first kappa shape index (κ1) is 39.6. The Morgan fingerprint density at radius 1 is 0.536 bits per heavy atom. The van der Waals surface area contributed by atoms with Gasteiger partial charge in [0.15, 0.2) is 0 Å². The lowest BCUT2D eigenvalue weighted by Gasteiger charge is -2.17. The van der Waals surface area contributed by atoms with E-state index in [0.717, 1.165) is 4.90 Å². The molecule has 1 aliphatic heterocycles. The number of halogens is 12. The quantitative estimate of drug-likeness (QED) is 0.102. The van der Waals surface area contributed by atoms with Gasteiger partial charge in [-0.15, -0.1) is 6.58 Å². The van der Waals surface area contributed by atoms with Gasteiger partial charge >= 0.3 is 24.7 Å². The molecule has 0 saturated heterocycles. The zero-order valence-corrected chi connectivity index (χ0v) is 28.7.